The summed E-state index contributed by atoms with van der Waals surface area (Å²) in [5.74, 6) is 0. The van der Waals surface area contributed by atoms with Crippen LogP contribution in [0, 0.1) is 0 Å². The molecule has 0 spiro atoms. The molecule has 0 saturated heterocycles. The predicted molar refractivity (Wildman–Crippen MR) is 256 cm³/mol. The van der Waals surface area contributed by atoms with Crippen molar-refractivity contribution in [2.75, 3.05) is 0 Å². The molecule has 59 heavy (non-hydrogen) atoms. The monoisotopic (exact) mass is 869 g/mol. The Bertz CT molecular complexity index is 1040. The van der Waals surface area contributed by atoms with Crippen molar-refractivity contribution in [3.05, 3.63) is 29.8 Å². The summed E-state index contributed by atoms with van der Waals surface area (Å²) < 4.78 is 33.1. The molecule has 0 fully saturated rings. The van der Waals surface area contributed by atoms with Gasteiger partial charge in [-0.1, -0.05) is 308 Å². The topological polar surface area (TPSA) is 57.2 Å². The molecule has 1 aromatic carbocycles. The summed E-state index contributed by atoms with van der Waals surface area (Å²) in [4.78, 5) is -0.131. The molecule has 3 nitrogen and oxygen atoms in total. The van der Waals surface area contributed by atoms with Crippen LogP contribution in [0.1, 0.15) is 308 Å². The molecule has 0 amide bonds. The zero-order valence-electron chi connectivity index (χ0n) is 40.2. The first-order chi connectivity index (χ1) is 28.5. The summed E-state index contributed by atoms with van der Waals surface area (Å²) in [7, 11) is -4.33. The van der Waals surface area contributed by atoms with Crippen LogP contribution < -0.4 is 51.4 Å². The van der Waals surface area contributed by atoms with Crippen molar-refractivity contribution in [1.82, 2.24) is 0 Å². The molecular weight excluding hydrogens is 768 g/mol. The molecule has 0 aliphatic carbocycles. The molecule has 0 heterocycles. The summed E-state index contributed by atoms with van der Waals surface area (Å²) in [5.41, 5.74) is 1.12. The molecule has 0 radical (unpaired) electrons. The van der Waals surface area contributed by atoms with Gasteiger partial charge in [0.25, 0.3) is 0 Å². The molecule has 0 aromatic heterocycles. The molecule has 0 unspecified atom stereocenters. The van der Waals surface area contributed by atoms with E-state index < -0.39 is 10.1 Å². The van der Waals surface area contributed by atoms with Crippen LogP contribution in [-0.4, -0.2) is 13.0 Å². The van der Waals surface area contributed by atoms with Gasteiger partial charge in [0.15, 0.2) is 0 Å². The third-order valence-electron chi connectivity index (χ3n) is 13.0. The Kier molecular flexibility index (Phi) is 48.9. The van der Waals surface area contributed by atoms with Crippen molar-refractivity contribution in [1.29, 1.82) is 0 Å². The Morgan fingerprint density at radius 2 is 0.475 bits per heavy atom. The van der Waals surface area contributed by atoms with Crippen LogP contribution in [0.2, 0.25) is 0 Å². The Hall–Kier alpha value is 0.766. The Labute approximate surface area is 413 Å². The van der Waals surface area contributed by atoms with Crippen LogP contribution >= 0.6 is 0 Å². The first-order valence-electron chi connectivity index (χ1n) is 26.6. The SMILES string of the molecule is CCCCCCCCCCCCCCCCCCCCCCCCCCCCCCCCCCCCCCCCCCCCCCCCc1ccc(S(=O)(=O)[O-])cc1.[K+]. The molecule has 1 rings (SSSR count). The molecule has 0 atom stereocenters. The number of aryl methyl sites for hydroxylation is 1. The molecule has 1 aromatic rings. The van der Waals surface area contributed by atoms with Gasteiger partial charge in [-0.15, -0.1) is 0 Å². The number of unbranched alkanes of at least 4 members (excludes halogenated alkanes) is 45. The van der Waals surface area contributed by atoms with Crippen LogP contribution in [0.5, 0.6) is 0 Å². The summed E-state index contributed by atoms with van der Waals surface area (Å²) in [5, 5.41) is 0. The van der Waals surface area contributed by atoms with E-state index in [-0.39, 0.29) is 56.3 Å². The molecule has 0 bridgehead atoms. The molecule has 342 valence electrons. The molecule has 0 saturated carbocycles. The fourth-order valence-electron chi connectivity index (χ4n) is 9.00. The van der Waals surface area contributed by atoms with E-state index in [2.05, 4.69) is 6.92 Å². The van der Waals surface area contributed by atoms with Crippen LogP contribution in [-0.2, 0) is 16.5 Å². The first kappa shape index (κ1) is 59.8. The summed E-state index contributed by atoms with van der Waals surface area (Å²) >= 11 is 0. The number of rotatable bonds is 48. The predicted octanol–water partition coefficient (Wildman–Crippen LogP) is 16.1. The third kappa shape index (κ3) is 45.1. The second-order valence-electron chi connectivity index (χ2n) is 18.8. The molecule has 0 N–H and O–H groups in total. The average Bonchev–Trinajstić information content (AvgIpc) is 3.22. The van der Waals surface area contributed by atoms with Crippen molar-refractivity contribution in [3.63, 3.8) is 0 Å². The van der Waals surface area contributed by atoms with E-state index in [0.717, 1.165) is 18.4 Å². The van der Waals surface area contributed by atoms with Crippen molar-refractivity contribution in [2.24, 2.45) is 0 Å². The van der Waals surface area contributed by atoms with Gasteiger partial charge in [0.1, 0.15) is 10.1 Å². The fourth-order valence-corrected chi connectivity index (χ4v) is 9.47. The third-order valence-corrected chi connectivity index (χ3v) is 13.9. The number of benzene rings is 1. The van der Waals surface area contributed by atoms with Gasteiger partial charge in [-0.3, -0.25) is 0 Å². The van der Waals surface area contributed by atoms with E-state index in [0.29, 0.717) is 0 Å². The van der Waals surface area contributed by atoms with E-state index in [1.165, 1.54) is 301 Å². The van der Waals surface area contributed by atoms with E-state index in [1.54, 1.807) is 12.1 Å². The minimum Gasteiger partial charge on any atom is -0.744 e. The van der Waals surface area contributed by atoms with Gasteiger partial charge >= 0.3 is 51.4 Å². The Morgan fingerprint density at radius 3 is 0.644 bits per heavy atom. The first-order valence-corrected chi connectivity index (χ1v) is 28.0. The maximum atomic E-state index is 11.0. The van der Waals surface area contributed by atoms with Crippen LogP contribution in [0.25, 0.3) is 0 Å². The normalized spacial score (nSPS) is 11.7. The molecule has 0 aliphatic heterocycles. The van der Waals surface area contributed by atoms with Gasteiger partial charge in [-0.2, -0.15) is 0 Å². The van der Waals surface area contributed by atoms with Crippen molar-refractivity contribution >= 4 is 10.1 Å². The van der Waals surface area contributed by atoms with Gasteiger partial charge in [0.05, 0.1) is 4.90 Å². The van der Waals surface area contributed by atoms with Gasteiger partial charge in [0.2, 0.25) is 0 Å². The van der Waals surface area contributed by atoms with Gasteiger partial charge < -0.3 is 4.55 Å². The fraction of sp³-hybridized carbons (Fsp3) is 0.889. The number of hydrogen-bond donors (Lipinski definition) is 0. The average molecular weight is 870 g/mol. The van der Waals surface area contributed by atoms with E-state index in [4.69, 9.17) is 0 Å². The van der Waals surface area contributed by atoms with Gasteiger partial charge in [0, 0.05) is 0 Å². The summed E-state index contributed by atoms with van der Waals surface area (Å²) in [6, 6.07) is 6.42. The van der Waals surface area contributed by atoms with Crippen LogP contribution in [0.4, 0.5) is 0 Å². The van der Waals surface area contributed by atoms with E-state index in [9.17, 15) is 13.0 Å². The van der Waals surface area contributed by atoms with Gasteiger partial charge in [-0.25, -0.2) is 8.42 Å². The maximum absolute atomic E-state index is 11.0. The number of hydrogen-bond acceptors (Lipinski definition) is 3. The van der Waals surface area contributed by atoms with E-state index >= 15 is 0 Å². The van der Waals surface area contributed by atoms with E-state index in [1.807, 2.05) is 0 Å². The van der Waals surface area contributed by atoms with Crippen molar-refractivity contribution in [2.45, 2.75) is 314 Å². The molecule has 0 aliphatic rings. The largest absolute Gasteiger partial charge is 1.00 e. The second-order valence-corrected chi connectivity index (χ2v) is 20.1. The van der Waals surface area contributed by atoms with Crippen molar-refractivity contribution < 1.29 is 64.4 Å². The Morgan fingerprint density at radius 1 is 0.305 bits per heavy atom. The maximum Gasteiger partial charge on any atom is 1.00 e. The minimum absolute atomic E-state index is 0. The minimum atomic E-state index is -4.33. The van der Waals surface area contributed by atoms with Crippen molar-refractivity contribution in [3.8, 4) is 0 Å². The molecule has 5 heteroatoms. The summed E-state index contributed by atoms with van der Waals surface area (Å²) in [6.45, 7) is 2.31. The second kappa shape index (κ2) is 48.2. The molecular formula is C54H101KO3S. The van der Waals surface area contributed by atoms with Crippen LogP contribution in [0.15, 0.2) is 29.2 Å². The smallest absolute Gasteiger partial charge is 0.744 e. The standard InChI is InChI=1S/C54H102O3S.K/c1-2-3-4-5-6-7-8-9-10-11-12-13-14-15-16-17-18-19-20-21-22-23-24-25-26-27-28-29-30-31-32-33-34-35-36-37-38-39-40-41-42-43-44-45-46-47-48-53-49-51-54(52-50-53)58(55,56)57;/h49-52H,2-48H2,1H3,(H,55,56,57);/q;+1/p-1. The quantitative estimate of drug-likeness (QED) is 0.0372. The Balaban J connectivity index is 0.0000336. The zero-order valence-corrected chi connectivity index (χ0v) is 44.1. The summed E-state index contributed by atoms with van der Waals surface area (Å²) in [6.07, 6.45) is 67.3. The van der Waals surface area contributed by atoms with Crippen LogP contribution in [0.3, 0.4) is 0 Å². The zero-order chi connectivity index (χ0) is 41.7. The van der Waals surface area contributed by atoms with Gasteiger partial charge in [-0.05, 0) is 30.5 Å².